The van der Waals surface area contributed by atoms with Crippen LogP contribution in [0.25, 0.3) is 11.0 Å². The molecule has 1 N–H and O–H groups in total. The smallest absolute Gasteiger partial charge is 0.287 e. The maximum absolute atomic E-state index is 12.4. The van der Waals surface area contributed by atoms with E-state index in [1.165, 1.54) is 6.26 Å². The van der Waals surface area contributed by atoms with Gasteiger partial charge in [0.05, 0.1) is 29.9 Å². The predicted molar refractivity (Wildman–Crippen MR) is 121 cm³/mol. The third-order valence-corrected chi connectivity index (χ3v) is 5.51. The zero-order valence-corrected chi connectivity index (χ0v) is 18.2. The standard InChI is InChI=1S/C24H24ClN3O3/c1-16-15-18(10-11-19(16)25)30-14-6-12-28-21-8-4-3-7-20(21)27-23(28)17(2)26-24(29)22-9-5-13-31-22/h3-5,7-11,13,15,17H,6,12,14H2,1-2H3,(H,26,29). The number of imidazole rings is 1. The van der Waals surface area contributed by atoms with E-state index < -0.39 is 0 Å². The molecule has 2 heterocycles. The summed E-state index contributed by atoms with van der Waals surface area (Å²) in [5.41, 5.74) is 2.91. The molecule has 7 heteroatoms. The van der Waals surface area contributed by atoms with Crippen molar-refractivity contribution < 1.29 is 13.9 Å². The van der Waals surface area contributed by atoms with E-state index in [1.54, 1.807) is 12.1 Å². The Labute approximate surface area is 185 Å². The molecule has 6 nitrogen and oxygen atoms in total. The lowest BCUT2D eigenvalue weighted by atomic mass is 10.2. The van der Waals surface area contributed by atoms with Gasteiger partial charge in [-0.1, -0.05) is 23.7 Å². The maximum atomic E-state index is 12.4. The Balaban J connectivity index is 1.47. The van der Waals surface area contributed by atoms with Crippen LogP contribution in [0.15, 0.2) is 65.3 Å². The third kappa shape index (κ3) is 4.75. The number of hydrogen-bond acceptors (Lipinski definition) is 4. The van der Waals surface area contributed by atoms with Gasteiger partial charge in [0, 0.05) is 11.6 Å². The Kier molecular flexibility index (Phi) is 6.28. The molecule has 0 aliphatic heterocycles. The average molecular weight is 438 g/mol. The van der Waals surface area contributed by atoms with Crippen molar-refractivity contribution in [2.45, 2.75) is 32.9 Å². The number of carbonyl (C=O) groups is 1. The number of ether oxygens (including phenoxy) is 1. The van der Waals surface area contributed by atoms with Crippen LogP contribution in [0, 0.1) is 6.92 Å². The molecule has 31 heavy (non-hydrogen) atoms. The van der Waals surface area contributed by atoms with Gasteiger partial charge in [-0.3, -0.25) is 4.79 Å². The van der Waals surface area contributed by atoms with Crippen LogP contribution in [0.1, 0.15) is 41.3 Å². The lowest BCUT2D eigenvalue weighted by Gasteiger charge is -2.16. The summed E-state index contributed by atoms with van der Waals surface area (Å²) in [5, 5.41) is 3.70. The SMILES string of the molecule is Cc1cc(OCCCn2c(C(C)NC(=O)c3ccco3)nc3ccccc32)ccc1Cl. The highest BCUT2D eigenvalue weighted by Gasteiger charge is 2.20. The number of aryl methyl sites for hydroxylation is 2. The molecular formula is C24H24ClN3O3. The van der Waals surface area contributed by atoms with Gasteiger partial charge in [-0.05, 0) is 68.3 Å². The van der Waals surface area contributed by atoms with Crippen molar-refractivity contribution in [1.82, 2.24) is 14.9 Å². The zero-order chi connectivity index (χ0) is 21.8. The summed E-state index contributed by atoms with van der Waals surface area (Å²) in [6, 6.07) is 16.7. The fourth-order valence-electron chi connectivity index (χ4n) is 3.52. The van der Waals surface area contributed by atoms with Gasteiger partial charge in [0.1, 0.15) is 11.6 Å². The zero-order valence-electron chi connectivity index (χ0n) is 17.5. The Morgan fingerprint density at radius 1 is 1.23 bits per heavy atom. The molecule has 0 fully saturated rings. The van der Waals surface area contributed by atoms with Crippen LogP contribution in [-0.4, -0.2) is 22.1 Å². The van der Waals surface area contributed by atoms with Crippen molar-refractivity contribution in [1.29, 1.82) is 0 Å². The second-order valence-corrected chi connectivity index (χ2v) is 7.80. The van der Waals surface area contributed by atoms with E-state index in [2.05, 4.69) is 9.88 Å². The van der Waals surface area contributed by atoms with Crippen molar-refractivity contribution in [3.05, 3.63) is 83.0 Å². The van der Waals surface area contributed by atoms with E-state index >= 15 is 0 Å². The number of para-hydroxylation sites is 2. The molecule has 0 radical (unpaired) electrons. The molecule has 0 aliphatic rings. The largest absolute Gasteiger partial charge is 0.494 e. The quantitative estimate of drug-likeness (QED) is 0.367. The van der Waals surface area contributed by atoms with Crippen molar-refractivity contribution in [2.24, 2.45) is 0 Å². The van der Waals surface area contributed by atoms with Gasteiger partial charge in [0.2, 0.25) is 0 Å². The molecule has 2 aromatic heterocycles. The molecule has 2 aromatic carbocycles. The van der Waals surface area contributed by atoms with Crippen LogP contribution >= 0.6 is 11.6 Å². The number of furan rings is 1. The number of benzene rings is 2. The van der Waals surface area contributed by atoms with Gasteiger partial charge in [0.15, 0.2) is 5.76 Å². The second-order valence-electron chi connectivity index (χ2n) is 7.40. The summed E-state index contributed by atoms with van der Waals surface area (Å²) in [7, 11) is 0. The fourth-order valence-corrected chi connectivity index (χ4v) is 3.64. The second kappa shape index (κ2) is 9.27. The fraction of sp³-hybridized carbons (Fsp3) is 0.250. The number of aromatic nitrogens is 2. The number of amides is 1. The molecule has 1 atom stereocenters. The third-order valence-electron chi connectivity index (χ3n) is 5.09. The Hall–Kier alpha value is -3.25. The summed E-state index contributed by atoms with van der Waals surface area (Å²) in [6.45, 7) is 5.15. The average Bonchev–Trinajstić information content (AvgIpc) is 3.42. The minimum Gasteiger partial charge on any atom is -0.494 e. The first-order valence-electron chi connectivity index (χ1n) is 10.2. The van der Waals surface area contributed by atoms with E-state index in [-0.39, 0.29) is 17.7 Å². The number of fused-ring (bicyclic) bond motifs is 1. The van der Waals surface area contributed by atoms with Crippen LogP contribution < -0.4 is 10.1 Å². The molecule has 4 aromatic rings. The molecule has 0 saturated heterocycles. The van der Waals surface area contributed by atoms with Crippen LogP contribution in [0.5, 0.6) is 5.75 Å². The monoisotopic (exact) mass is 437 g/mol. The van der Waals surface area contributed by atoms with Gasteiger partial charge in [-0.15, -0.1) is 0 Å². The van der Waals surface area contributed by atoms with E-state index in [1.807, 2.05) is 56.3 Å². The van der Waals surface area contributed by atoms with Crippen LogP contribution in [0.4, 0.5) is 0 Å². The number of nitrogens with one attached hydrogen (secondary N) is 1. The van der Waals surface area contributed by atoms with Crippen LogP contribution in [-0.2, 0) is 6.54 Å². The predicted octanol–water partition coefficient (Wildman–Crippen LogP) is 5.55. The molecule has 160 valence electrons. The molecule has 0 bridgehead atoms. The summed E-state index contributed by atoms with van der Waals surface area (Å²) in [6.07, 6.45) is 2.27. The van der Waals surface area contributed by atoms with Crippen molar-refractivity contribution in [3.8, 4) is 5.75 Å². The number of carbonyl (C=O) groups excluding carboxylic acids is 1. The Morgan fingerprint density at radius 2 is 2.06 bits per heavy atom. The maximum Gasteiger partial charge on any atom is 0.287 e. The molecule has 0 spiro atoms. The summed E-state index contributed by atoms with van der Waals surface area (Å²) in [4.78, 5) is 17.2. The van der Waals surface area contributed by atoms with Gasteiger partial charge in [-0.25, -0.2) is 4.98 Å². The first-order chi connectivity index (χ1) is 15.0. The molecular weight excluding hydrogens is 414 g/mol. The van der Waals surface area contributed by atoms with Gasteiger partial charge in [0.25, 0.3) is 5.91 Å². The minimum atomic E-state index is -0.287. The molecule has 1 amide bonds. The Morgan fingerprint density at radius 3 is 2.84 bits per heavy atom. The summed E-state index contributed by atoms with van der Waals surface area (Å²) in [5.74, 6) is 1.61. The van der Waals surface area contributed by atoms with E-state index in [9.17, 15) is 4.79 Å². The minimum absolute atomic E-state index is 0.266. The highest BCUT2D eigenvalue weighted by atomic mass is 35.5. The molecule has 4 rings (SSSR count). The summed E-state index contributed by atoms with van der Waals surface area (Å²) < 4.78 is 13.2. The summed E-state index contributed by atoms with van der Waals surface area (Å²) >= 11 is 6.08. The highest BCUT2D eigenvalue weighted by Crippen LogP contribution is 2.23. The number of hydrogen-bond donors (Lipinski definition) is 1. The molecule has 0 aliphatic carbocycles. The van der Waals surface area contributed by atoms with Crippen LogP contribution in [0.3, 0.4) is 0 Å². The lowest BCUT2D eigenvalue weighted by molar-refractivity contribution is 0.0909. The molecule has 1 unspecified atom stereocenters. The van der Waals surface area contributed by atoms with Crippen molar-refractivity contribution in [2.75, 3.05) is 6.61 Å². The first-order valence-corrected chi connectivity index (χ1v) is 10.6. The number of halogens is 1. The first kappa shape index (κ1) is 21.0. The number of nitrogens with zero attached hydrogens (tertiary/aromatic N) is 2. The van der Waals surface area contributed by atoms with Crippen molar-refractivity contribution >= 4 is 28.5 Å². The molecule has 0 saturated carbocycles. The van der Waals surface area contributed by atoms with E-state index in [4.69, 9.17) is 25.7 Å². The van der Waals surface area contributed by atoms with Crippen molar-refractivity contribution in [3.63, 3.8) is 0 Å². The lowest BCUT2D eigenvalue weighted by Crippen LogP contribution is -2.28. The normalized spacial score (nSPS) is 12.1. The number of rotatable bonds is 8. The van der Waals surface area contributed by atoms with E-state index in [0.717, 1.165) is 39.6 Å². The van der Waals surface area contributed by atoms with E-state index in [0.29, 0.717) is 13.2 Å². The Bertz CT molecular complexity index is 1180. The van der Waals surface area contributed by atoms with Gasteiger partial charge in [-0.2, -0.15) is 0 Å². The van der Waals surface area contributed by atoms with Gasteiger partial charge >= 0.3 is 0 Å². The van der Waals surface area contributed by atoms with Gasteiger partial charge < -0.3 is 19.0 Å². The topological polar surface area (TPSA) is 69.3 Å². The highest BCUT2D eigenvalue weighted by molar-refractivity contribution is 6.31. The van der Waals surface area contributed by atoms with Crippen LogP contribution in [0.2, 0.25) is 5.02 Å².